The number of aryl methyl sites for hydroxylation is 2. The van der Waals surface area contributed by atoms with E-state index in [9.17, 15) is 23.4 Å². The maximum atomic E-state index is 13.1. The SMILES string of the molecule is CC[C@H]1[C@@H](O)[C@@H]2[C@H](CC[C@]3(C)[C@@H]([C@H](C)COC(=O)NS(=O)(=O)c4cc(C)c(OC(C)C)c(C)c4)CC[C@@H]23)[C@@]2(C)CC[C@@H](O)C[C@@H]12. The highest BCUT2D eigenvalue weighted by Gasteiger charge is 2.65. The van der Waals surface area contributed by atoms with Crippen LogP contribution in [-0.2, 0) is 14.8 Å². The fraction of sp³-hybridized carbons (Fsp3) is 0.806. The third-order valence-corrected chi connectivity index (χ3v) is 14.2. The normalized spacial score (nSPS) is 38.6. The summed E-state index contributed by atoms with van der Waals surface area (Å²) in [5.74, 6) is 2.72. The van der Waals surface area contributed by atoms with Gasteiger partial charge in [-0.1, -0.05) is 34.1 Å². The topological polar surface area (TPSA) is 122 Å². The lowest BCUT2D eigenvalue weighted by Crippen LogP contribution is -2.62. The molecule has 0 saturated heterocycles. The van der Waals surface area contributed by atoms with Gasteiger partial charge in [0.15, 0.2) is 0 Å². The van der Waals surface area contributed by atoms with Gasteiger partial charge in [0.25, 0.3) is 10.0 Å². The minimum Gasteiger partial charge on any atom is -0.490 e. The Hall–Kier alpha value is -1.84. The van der Waals surface area contributed by atoms with Crippen molar-refractivity contribution in [2.75, 3.05) is 6.61 Å². The fourth-order valence-electron chi connectivity index (χ4n) is 10.9. The van der Waals surface area contributed by atoms with E-state index in [-0.39, 0.29) is 58.4 Å². The maximum Gasteiger partial charge on any atom is 0.421 e. The summed E-state index contributed by atoms with van der Waals surface area (Å²) < 4.78 is 39.7. The second kappa shape index (κ2) is 12.6. The van der Waals surface area contributed by atoms with E-state index in [1.54, 1.807) is 13.8 Å². The lowest BCUT2D eigenvalue weighted by molar-refractivity contribution is -0.203. The first-order valence-corrected chi connectivity index (χ1v) is 18.8. The van der Waals surface area contributed by atoms with E-state index in [2.05, 4.69) is 32.4 Å². The third-order valence-electron chi connectivity index (χ3n) is 12.9. The van der Waals surface area contributed by atoms with Gasteiger partial charge in [-0.05, 0) is 148 Å². The molecule has 4 aliphatic rings. The van der Waals surface area contributed by atoms with Crippen LogP contribution in [-0.4, -0.2) is 49.6 Å². The maximum absolute atomic E-state index is 13.1. The molecule has 1 amide bonds. The second-order valence-electron chi connectivity index (χ2n) is 15.9. The van der Waals surface area contributed by atoms with E-state index in [0.717, 1.165) is 51.4 Å². The molecular formula is C36H57NO7S. The van der Waals surface area contributed by atoms with Crippen molar-refractivity contribution in [2.45, 2.75) is 130 Å². The molecule has 45 heavy (non-hydrogen) atoms. The molecule has 4 saturated carbocycles. The van der Waals surface area contributed by atoms with Crippen LogP contribution in [0.25, 0.3) is 0 Å². The zero-order valence-corrected chi connectivity index (χ0v) is 29.5. The number of amides is 1. The van der Waals surface area contributed by atoms with Crippen molar-refractivity contribution >= 4 is 16.1 Å². The van der Waals surface area contributed by atoms with E-state index in [1.807, 2.05) is 13.8 Å². The Morgan fingerprint density at radius 2 is 1.60 bits per heavy atom. The van der Waals surface area contributed by atoms with Gasteiger partial charge in [-0.25, -0.2) is 17.9 Å². The first kappa shape index (κ1) is 34.5. The van der Waals surface area contributed by atoms with E-state index < -0.39 is 16.1 Å². The van der Waals surface area contributed by atoms with Crippen molar-refractivity contribution in [3.63, 3.8) is 0 Å². The zero-order chi connectivity index (χ0) is 33.1. The zero-order valence-electron chi connectivity index (χ0n) is 28.6. The van der Waals surface area contributed by atoms with Crippen molar-refractivity contribution in [1.29, 1.82) is 0 Å². The Balaban J connectivity index is 1.24. The number of fused-ring (bicyclic) bond motifs is 5. The van der Waals surface area contributed by atoms with Crippen LogP contribution in [0.3, 0.4) is 0 Å². The smallest absolute Gasteiger partial charge is 0.421 e. The van der Waals surface area contributed by atoms with E-state index in [1.165, 1.54) is 12.1 Å². The van der Waals surface area contributed by atoms with Crippen LogP contribution in [0, 0.1) is 66.1 Å². The molecule has 8 nitrogen and oxygen atoms in total. The average Bonchev–Trinajstić information content (AvgIpc) is 3.31. The molecule has 5 rings (SSSR count). The Morgan fingerprint density at radius 3 is 2.22 bits per heavy atom. The molecular weight excluding hydrogens is 590 g/mol. The minimum atomic E-state index is -4.12. The predicted molar refractivity (Wildman–Crippen MR) is 174 cm³/mol. The van der Waals surface area contributed by atoms with Crippen LogP contribution in [0.15, 0.2) is 17.0 Å². The molecule has 3 N–H and O–H groups in total. The lowest BCUT2D eigenvalue weighted by atomic mass is 9.41. The number of carbonyl (C=O) groups is 1. The molecule has 4 aliphatic carbocycles. The summed E-state index contributed by atoms with van der Waals surface area (Å²) in [6.45, 7) is 16.7. The van der Waals surface area contributed by atoms with Crippen LogP contribution < -0.4 is 9.46 Å². The number of ether oxygens (including phenoxy) is 2. The fourth-order valence-corrected chi connectivity index (χ4v) is 12.0. The van der Waals surface area contributed by atoms with Crippen LogP contribution in [0.2, 0.25) is 0 Å². The van der Waals surface area contributed by atoms with Crippen LogP contribution in [0.1, 0.15) is 104 Å². The predicted octanol–water partition coefficient (Wildman–Crippen LogP) is 6.77. The van der Waals surface area contributed by atoms with E-state index in [4.69, 9.17) is 9.47 Å². The highest BCUT2D eigenvalue weighted by atomic mass is 32.2. The molecule has 0 radical (unpaired) electrons. The van der Waals surface area contributed by atoms with Gasteiger partial charge in [0.05, 0.1) is 29.8 Å². The third kappa shape index (κ3) is 6.15. The number of sulfonamides is 1. The standard InChI is InChI=1S/C36H57NO7S/c1-9-26-30-18-24(38)12-14-36(30,8)29-13-15-35(7)27(10-11-28(35)31(29)32(26)39)23(6)19-43-34(40)37-45(41,42)25-16-21(4)33(22(5)17-25)44-20(2)3/h16-17,20,23-24,26-32,38-39H,9-15,18-19H2,1-8H3,(H,37,40)/t23-,24-,26-,27-,28+,29+,30+,31+,32-,35-,36-/m1/s1. The highest BCUT2D eigenvalue weighted by Crippen LogP contribution is 2.69. The number of rotatable bonds is 8. The number of benzene rings is 1. The molecule has 0 aliphatic heterocycles. The van der Waals surface area contributed by atoms with Gasteiger partial charge in [0, 0.05) is 0 Å². The molecule has 4 fully saturated rings. The number of hydrogen-bond acceptors (Lipinski definition) is 7. The first-order chi connectivity index (χ1) is 21.0. The number of hydrogen-bond donors (Lipinski definition) is 3. The number of nitrogens with one attached hydrogen (secondary N) is 1. The Bertz CT molecular complexity index is 1340. The van der Waals surface area contributed by atoms with Crippen molar-refractivity contribution in [2.24, 2.45) is 52.3 Å². The van der Waals surface area contributed by atoms with Gasteiger partial charge in [0.1, 0.15) is 5.75 Å². The molecule has 254 valence electrons. The van der Waals surface area contributed by atoms with E-state index >= 15 is 0 Å². The monoisotopic (exact) mass is 647 g/mol. The molecule has 0 unspecified atom stereocenters. The van der Waals surface area contributed by atoms with Crippen LogP contribution >= 0.6 is 0 Å². The van der Waals surface area contributed by atoms with Gasteiger partial charge in [-0.15, -0.1) is 0 Å². The average molecular weight is 648 g/mol. The number of aliphatic hydroxyl groups is 2. The largest absolute Gasteiger partial charge is 0.490 e. The van der Waals surface area contributed by atoms with Gasteiger partial charge >= 0.3 is 6.09 Å². The highest BCUT2D eigenvalue weighted by molar-refractivity contribution is 7.90. The van der Waals surface area contributed by atoms with Gasteiger partial charge < -0.3 is 19.7 Å². The first-order valence-electron chi connectivity index (χ1n) is 17.4. The molecule has 0 heterocycles. The second-order valence-corrected chi connectivity index (χ2v) is 17.5. The summed E-state index contributed by atoms with van der Waals surface area (Å²) in [6, 6.07) is 3.03. The van der Waals surface area contributed by atoms with Crippen molar-refractivity contribution in [3.8, 4) is 5.75 Å². The Morgan fingerprint density at radius 1 is 0.978 bits per heavy atom. The molecule has 0 aromatic heterocycles. The molecule has 0 spiro atoms. The summed E-state index contributed by atoms with van der Waals surface area (Å²) in [6.07, 6.45) is 6.25. The number of aliphatic hydroxyl groups excluding tert-OH is 2. The van der Waals surface area contributed by atoms with Crippen molar-refractivity contribution in [1.82, 2.24) is 4.72 Å². The van der Waals surface area contributed by atoms with Crippen molar-refractivity contribution in [3.05, 3.63) is 23.3 Å². The summed E-state index contributed by atoms with van der Waals surface area (Å²) in [4.78, 5) is 12.8. The number of carbonyl (C=O) groups excluding carboxylic acids is 1. The molecule has 11 atom stereocenters. The lowest BCUT2D eigenvalue weighted by Gasteiger charge is -2.64. The van der Waals surface area contributed by atoms with Gasteiger partial charge in [0.2, 0.25) is 0 Å². The Kier molecular flexibility index (Phi) is 9.69. The molecule has 0 bridgehead atoms. The van der Waals surface area contributed by atoms with E-state index in [0.29, 0.717) is 40.5 Å². The van der Waals surface area contributed by atoms with Crippen LogP contribution in [0.5, 0.6) is 5.75 Å². The molecule has 1 aromatic rings. The molecule has 9 heteroatoms. The molecule has 1 aromatic carbocycles. The Labute approximate surface area is 271 Å². The quantitative estimate of drug-likeness (QED) is 0.285. The minimum absolute atomic E-state index is 0.00124. The summed E-state index contributed by atoms with van der Waals surface area (Å²) in [5, 5.41) is 22.5. The summed E-state index contributed by atoms with van der Waals surface area (Å²) in [5.41, 5.74) is 1.55. The van der Waals surface area contributed by atoms with Gasteiger partial charge in [-0.2, -0.15) is 0 Å². The van der Waals surface area contributed by atoms with Crippen LogP contribution in [0.4, 0.5) is 4.79 Å². The van der Waals surface area contributed by atoms with Crippen molar-refractivity contribution < 1.29 is 32.9 Å². The summed E-state index contributed by atoms with van der Waals surface area (Å²) in [7, 11) is -4.12. The summed E-state index contributed by atoms with van der Waals surface area (Å²) >= 11 is 0. The van der Waals surface area contributed by atoms with Gasteiger partial charge in [-0.3, -0.25) is 0 Å².